The predicted octanol–water partition coefficient (Wildman–Crippen LogP) is 1.18. The number of rotatable bonds is 5. The van der Waals surface area contributed by atoms with E-state index >= 15 is 0 Å². The van der Waals surface area contributed by atoms with Gasteiger partial charge in [0.1, 0.15) is 12.1 Å². The zero-order valence-electron chi connectivity index (χ0n) is 12.7. The summed E-state index contributed by atoms with van der Waals surface area (Å²) in [4.78, 5) is 23.8. The van der Waals surface area contributed by atoms with Gasteiger partial charge in [0.05, 0.1) is 11.3 Å². The Labute approximate surface area is 141 Å². The fraction of sp³-hybridized carbons (Fsp3) is 0.0625. The zero-order valence-corrected chi connectivity index (χ0v) is 12.7. The standard InChI is InChI=1S/C16H12FN5O3/c17-12-5-1-10(2-6-12)14(15(18)23)25-16(24)11-3-7-13(8-4-11)22-9-19-20-21-22/h1-9,14H,(H2,18,23)/t14-/m1/s1. The van der Waals surface area contributed by atoms with E-state index in [9.17, 15) is 14.0 Å². The smallest absolute Gasteiger partial charge is 0.339 e. The van der Waals surface area contributed by atoms with Crippen molar-refractivity contribution in [2.45, 2.75) is 6.10 Å². The number of amides is 1. The van der Waals surface area contributed by atoms with Crippen LogP contribution in [0, 0.1) is 5.82 Å². The van der Waals surface area contributed by atoms with Gasteiger partial charge in [0.25, 0.3) is 5.91 Å². The van der Waals surface area contributed by atoms with Crippen molar-refractivity contribution < 1.29 is 18.7 Å². The van der Waals surface area contributed by atoms with Crippen LogP contribution in [0.1, 0.15) is 22.0 Å². The summed E-state index contributed by atoms with van der Waals surface area (Å²) in [7, 11) is 0. The summed E-state index contributed by atoms with van der Waals surface area (Å²) in [6, 6.07) is 11.2. The van der Waals surface area contributed by atoms with E-state index in [-0.39, 0.29) is 11.1 Å². The molecule has 3 aromatic rings. The number of ether oxygens (including phenoxy) is 1. The molecule has 1 amide bonds. The minimum atomic E-state index is -1.31. The molecule has 9 heteroatoms. The van der Waals surface area contributed by atoms with Gasteiger partial charge in [-0.3, -0.25) is 4.79 Å². The Balaban J connectivity index is 1.77. The average molecular weight is 341 g/mol. The molecule has 126 valence electrons. The van der Waals surface area contributed by atoms with Crippen LogP contribution in [0.5, 0.6) is 0 Å². The number of hydrogen-bond donors (Lipinski definition) is 1. The minimum absolute atomic E-state index is 0.213. The van der Waals surface area contributed by atoms with Crippen molar-refractivity contribution in [1.29, 1.82) is 0 Å². The van der Waals surface area contributed by atoms with E-state index in [4.69, 9.17) is 10.5 Å². The number of carbonyl (C=O) groups excluding carboxylic acids is 2. The molecule has 0 aliphatic heterocycles. The van der Waals surface area contributed by atoms with Crippen molar-refractivity contribution in [2.75, 3.05) is 0 Å². The maximum absolute atomic E-state index is 13.0. The molecule has 0 aliphatic carbocycles. The van der Waals surface area contributed by atoms with Crippen molar-refractivity contribution in [3.8, 4) is 5.69 Å². The largest absolute Gasteiger partial charge is 0.444 e. The molecule has 1 aromatic heterocycles. The summed E-state index contributed by atoms with van der Waals surface area (Å²) < 4.78 is 19.6. The van der Waals surface area contributed by atoms with E-state index in [1.54, 1.807) is 12.1 Å². The van der Waals surface area contributed by atoms with Gasteiger partial charge in [-0.05, 0) is 46.8 Å². The molecule has 0 spiro atoms. The Morgan fingerprint density at radius 2 is 1.76 bits per heavy atom. The fourth-order valence-corrected chi connectivity index (χ4v) is 2.13. The van der Waals surface area contributed by atoms with Crippen LogP contribution in [-0.4, -0.2) is 32.1 Å². The van der Waals surface area contributed by atoms with Gasteiger partial charge in [-0.1, -0.05) is 12.1 Å². The van der Waals surface area contributed by atoms with E-state index in [1.807, 2.05) is 0 Å². The second-order valence-corrected chi connectivity index (χ2v) is 5.04. The molecule has 2 N–H and O–H groups in total. The van der Waals surface area contributed by atoms with Crippen LogP contribution < -0.4 is 5.73 Å². The van der Waals surface area contributed by atoms with E-state index in [0.29, 0.717) is 5.69 Å². The molecule has 3 rings (SSSR count). The molecule has 0 saturated carbocycles. The molecule has 1 heterocycles. The number of tetrazole rings is 1. The molecule has 8 nitrogen and oxygen atoms in total. The molecular formula is C16H12FN5O3. The third kappa shape index (κ3) is 3.66. The molecular weight excluding hydrogens is 329 g/mol. The predicted molar refractivity (Wildman–Crippen MR) is 82.9 cm³/mol. The SMILES string of the molecule is NC(=O)[C@H](OC(=O)c1ccc(-n2cnnn2)cc1)c1ccc(F)cc1. The number of benzene rings is 2. The van der Waals surface area contributed by atoms with Crippen LogP contribution in [0.4, 0.5) is 4.39 Å². The summed E-state index contributed by atoms with van der Waals surface area (Å²) in [6.45, 7) is 0. The molecule has 0 unspecified atom stereocenters. The maximum Gasteiger partial charge on any atom is 0.339 e. The van der Waals surface area contributed by atoms with Crippen molar-refractivity contribution in [3.05, 3.63) is 71.8 Å². The van der Waals surface area contributed by atoms with Crippen molar-refractivity contribution in [2.24, 2.45) is 5.73 Å². The monoisotopic (exact) mass is 341 g/mol. The highest BCUT2D eigenvalue weighted by molar-refractivity contribution is 5.92. The first-order chi connectivity index (χ1) is 12.0. The lowest BCUT2D eigenvalue weighted by atomic mass is 10.1. The summed E-state index contributed by atoms with van der Waals surface area (Å²) in [5, 5.41) is 10.8. The van der Waals surface area contributed by atoms with Crippen molar-refractivity contribution in [3.63, 3.8) is 0 Å². The van der Waals surface area contributed by atoms with Gasteiger partial charge >= 0.3 is 5.97 Å². The highest BCUT2D eigenvalue weighted by Crippen LogP contribution is 2.20. The van der Waals surface area contributed by atoms with Gasteiger partial charge in [0.15, 0.2) is 0 Å². The molecule has 0 aliphatic rings. The number of hydrogen-bond acceptors (Lipinski definition) is 6. The van der Waals surface area contributed by atoms with Crippen LogP contribution in [0.3, 0.4) is 0 Å². The van der Waals surface area contributed by atoms with E-state index < -0.39 is 23.8 Å². The number of aromatic nitrogens is 4. The van der Waals surface area contributed by atoms with Gasteiger partial charge in [0, 0.05) is 5.56 Å². The number of carbonyl (C=O) groups is 2. The molecule has 0 bridgehead atoms. The molecule has 2 aromatic carbocycles. The fourth-order valence-electron chi connectivity index (χ4n) is 2.13. The summed E-state index contributed by atoms with van der Waals surface area (Å²) in [5.41, 5.74) is 6.43. The maximum atomic E-state index is 13.0. The minimum Gasteiger partial charge on any atom is -0.444 e. The number of nitrogens with two attached hydrogens (primary N) is 1. The van der Waals surface area contributed by atoms with E-state index in [2.05, 4.69) is 15.5 Å². The third-order valence-corrected chi connectivity index (χ3v) is 3.37. The van der Waals surface area contributed by atoms with Crippen LogP contribution in [-0.2, 0) is 9.53 Å². The topological polar surface area (TPSA) is 113 Å². The Kier molecular flexibility index (Phi) is 4.46. The van der Waals surface area contributed by atoms with E-state index in [0.717, 1.165) is 12.1 Å². The highest BCUT2D eigenvalue weighted by Gasteiger charge is 2.23. The lowest BCUT2D eigenvalue weighted by molar-refractivity contribution is -0.127. The summed E-state index contributed by atoms with van der Waals surface area (Å²) >= 11 is 0. The number of primary amides is 1. The van der Waals surface area contributed by atoms with Crippen molar-refractivity contribution in [1.82, 2.24) is 20.2 Å². The van der Waals surface area contributed by atoms with Crippen LogP contribution in [0.25, 0.3) is 5.69 Å². The third-order valence-electron chi connectivity index (χ3n) is 3.37. The summed E-state index contributed by atoms with van der Waals surface area (Å²) in [6.07, 6.45) is 0.0950. The Morgan fingerprint density at radius 3 is 2.32 bits per heavy atom. The Bertz CT molecular complexity index is 879. The number of halogens is 1. The van der Waals surface area contributed by atoms with Gasteiger partial charge in [-0.2, -0.15) is 0 Å². The van der Waals surface area contributed by atoms with Gasteiger partial charge < -0.3 is 10.5 Å². The van der Waals surface area contributed by atoms with Crippen LogP contribution in [0.15, 0.2) is 54.9 Å². The first-order valence-corrected chi connectivity index (χ1v) is 7.14. The molecule has 25 heavy (non-hydrogen) atoms. The zero-order chi connectivity index (χ0) is 17.8. The van der Waals surface area contributed by atoms with Crippen LogP contribution >= 0.6 is 0 Å². The lowest BCUT2D eigenvalue weighted by Gasteiger charge is -2.15. The quantitative estimate of drug-likeness (QED) is 0.697. The second kappa shape index (κ2) is 6.87. The number of nitrogens with zero attached hydrogens (tertiary/aromatic N) is 4. The first kappa shape index (κ1) is 16.2. The van der Waals surface area contributed by atoms with E-state index in [1.165, 1.54) is 35.3 Å². The lowest BCUT2D eigenvalue weighted by Crippen LogP contribution is -2.26. The second-order valence-electron chi connectivity index (χ2n) is 5.04. The Morgan fingerprint density at radius 1 is 1.08 bits per heavy atom. The molecule has 0 radical (unpaired) electrons. The number of esters is 1. The molecule has 1 atom stereocenters. The van der Waals surface area contributed by atoms with Gasteiger partial charge in [-0.25, -0.2) is 13.9 Å². The highest BCUT2D eigenvalue weighted by atomic mass is 19.1. The van der Waals surface area contributed by atoms with Gasteiger partial charge in [0.2, 0.25) is 6.10 Å². The Hall–Kier alpha value is -3.62. The molecule has 0 fully saturated rings. The van der Waals surface area contributed by atoms with Crippen molar-refractivity contribution >= 4 is 11.9 Å². The normalized spacial score (nSPS) is 11.7. The van der Waals surface area contributed by atoms with Crippen LogP contribution in [0.2, 0.25) is 0 Å². The van der Waals surface area contributed by atoms with Gasteiger partial charge in [-0.15, -0.1) is 5.10 Å². The average Bonchev–Trinajstić information content (AvgIpc) is 3.15. The summed E-state index contributed by atoms with van der Waals surface area (Å²) in [5.74, 6) is -2.07. The first-order valence-electron chi connectivity index (χ1n) is 7.14. The molecule has 0 saturated heterocycles.